The van der Waals surface area contributed by atoms with Gasteiger partial charge in [-0.15, -0.1) is 0 Å². The van der Waals surface area contributed by atoms with Gasteiger partial charge in [-0.25, -0.2) is 0 Å². The van der Waals surface area contributed by atoms with E-state index in [9.17, 15) is 4.79 Å². The van der Waals surface area contributed by atoms with Gasteiger partial charge in [0.15, 0.2) is 0 Å². The predicted octanol–water partition coefficient (Wildman–Crippen LogP) is 5.21. The van der Waals surface area contributed by atoms with Gasteiger partial charge in [0, 0.05) is 0 Å². The third kappa shape index (κ3) is 9.07. The largest absolute Gasteiger partial charge is 0.465 e. The Balaban J connectivity index is 4.09. The zero-order chi connectivity index (χ0) is 14.9. The highest BCUT2D eigenvalue weighted by Crippen LogP contribution is 2.30. The molecule has 0 heterocycles. The molecule has 0 saturated heterocycles. The van der Waals surface area contributed by atoms with Gasteiger partial charge < -0.3 is 4.74 Å². The molecule has 19 heavy (non-hydrogen) atoms. The molecule has 2 nitrogen and oxygen atoms in total. The minimum Gasteiger partial charge on any atom is -0.465 e. The number of carbonyl (C=O) groups excluding carboxylic acids is 1. The third-order valence-electron chi connectivity index (χ3n) is 3.61. The van der Waals surface area contributed by atoms with Crippen molar-refractivity contribution in [1.82, 2.24) is 0 Å². The Labute approximate surface area is 120 Å². The van der Waals surface area contributed by atoms with Crippen molar-refractivity contribution in [2.24, 2.45) is 17.3 Å². The highest BCUT2D eigenvalue weighted by Gasteiger charge is 2.28. The summed E-state index contributed by atoms with van der Waals surface area (Å²) in [5.74, 6) is 0.467. The lowest BCUT2D eigenvalue weighted by Crippen LogP contribution is -2.27. The lowest BCUT2D eigenvalue weighted by atomic mass is 9.78. The summed E-state index contributed by atoms with van der Waals surface area (Å²) in [6.07, 6.45) is 6.56. The van der Waals surface area contributed by atoms with Crippen molar-refractivity contribution in [1.29, 1.82) is 0 Å². The van der Waals surface area contributed by atoms with Crippen molar-refractivity contribution >= 4 is 5.97 Å². The van der Waals surface area contributed by atoms with E-state index in [4.69, 9.17) is 4.74 Å². The summed E-state index contributed by atoms with van der Waals surface area (Å²) in [5.41, 5.74) is 0.272. The van der Waals surface area contributed by atoms with Crippen LogP contribution in [-0.4, -0.2) is 12.6 Å². The second-order valence-electron chi connectivity index (χ2n) is 6.98. The molecule has 0 aliphatic carbocycles. The molecule has 0 bridgehead atoms. The second kappa shape index (κ2) is 9.39. The van der Waals surface area contributed by atoms with Gasteiger partial charge >= 0.3 is 5.97 Å². The van der Waals surface area contributed by atoms with Gasteiger partial charge in [0.25, 0.3) is 0 Å². The Morgan fingerprint density at radius 3 is 2.21 bits per heavy atom. The Hall–Kier alpha value is -0.530. The average molecular weight is 270 g/mol. The van der Waals surface area contributed by atoms with Crippen LogP contribution in [0.3, 0.4) is 0 Å². The highest BCUT2D eigenvalue weighted by molar-refractivity contribution is 5.72. The molecule has 2 unspecified atom stereocenters. The van der Waals surface area contributed by atoms with Crippen molar-refractivity contribution in [2.45, 2.75) is 80.1 Å². The van der Waals surface area contributed by atoms with E-state index in [0.717, 1.165) is 25.7 Å². The third-order valence-corrected chi connectivity index (χ3v) is 3.61. The fourth-order valence-corrected chi connectivity index (χ4v) is 2.72. The average Bonchev–Trinajstić information content (AvgIpc) is 2.27. The first kappa shape index (κ1) is 18.5. The number of rotatable bonds is 9. The van der Waals surface area contributed by atoms with E-state index in [-0.39, 0.29) is 17.3 Å². The van der Waals surface area contributed by atoms with Crippen molar-refractivity contribution in [2.75, 3.05) is 6.61 Å². The van der Waals surface area contributed by atoms with Crippen molar-refractivity contribution in [3.05, 3.63) is 0 Å². The van der Waals surface area contributed by atoms with Crippen LogP contribution in [-0.2, 0) is 9.53 Å². The van der Waals surface area contributed by atoms with Gasteiger partial charge in [0.1, 0.15) is 0 Å². The van der Waals surface area contributed by atoms with E-state index in [0.29, 0.717) is 12.5 Å². The van der Waals surface area contributed by atoms with Gasteiger partial charge in [-0.05, 0) is 30.6 Å². The molecule has 0 amide bonds. The maximum absolute atomic E-state index is 12.1. The Kier molecular flexibility index (Phi) is 9.12. The number of hydrogen-bond acceptors (Lipinski definition) is 2. The molecule has 0 aliphatic rings. The number of hydrogen-bond donors (Lipinski definition) is 0. The van der Waals surface area contributed by atoms with E-state index >= 15 is 0 Å². The number of carbonyl (C=O) groups is 1. The molecular weight excluding hydrogens is 236 g/mol. The number of ether oxygens (including phenoxy) is 1. The van der Waals surface area contributed by atoms with E-state index in [2.05, 4.69) is 41.5 Å². The fraction of sp³-hybridized carbons (Fsp3) is 0.941. The molecule has 0 radical (unpaired) electrons. The summed E-state index contributed by atoms with van der Waals surface area (Å²) < 4.78 is 5.44. The molecule has 0 aromatic carbocycles. The van der Waals surface area contributed by atoms with E-state index in [1.165, 1.54) is 12.8 Å². The van der Waals surface area contributed by atoms with Crippen LogP contribution in [0.1, 0.15) is 80.1 Å². The summed E-state index contributed by atoms with van der Waals surface area (Å²) in [4.78, 5) is 12.1. The first-order valence-electron chi connectivity index (χ1n) is 7.98. The van der Waals surface area contributed by atoms with Crippen LogP contribution < -0.4 is 0 Å². The zero-order valence-corrected chi connectivity index (χ0v) is 13.9. The Morgan fingerprint density at radius 1 is 1.11 bits per heavy atom. The van der Waals surface area contributed by atoms with E-state index < -0.39 is 0 Å². The van der Waals surface area contributed by atoms with Crippen LogP contribution in [0.5, 0.6) is 0 Å². The van der Waals surface area contributed by atoms with Gasteiger partial charge in [0.2, 0.25) is 0 Å². The molecule has 2 heteroatoms. The van der Waals surface area contributed by atoms with Crippen LogP contribution in [0.25, 0.3) is 0 Å². The highest BCUT2D eigenvalue weighted by atomic mass is 16.5. The summed E-state index contributed by atoms with van der Waals surface area (Å²) in [6.45, 7) is 13.7. The normalized spacial score (nSPS) is 15.1. The molecule has 0 aromatic heterocycles. The fourth-order valence-electron chi connectivity index (χ4n) is 2.72. The summed E-state index contributed by atoms with van der Waals surface area (Å²) in [5, 5.41) is 0. The molecular formula is C17H34O2. The standard InChI is InChI=1S/C17H34O2/c1-7-9-10-11-12-19-16(18)15(8-2)14(3)13-17(4,5)6/h14-15H,7-13H2,1-6H3. The quantitative estimate of drug-likeness (QED) is 0.425. The first-order chi connectivity index (χ1) is 8.81. The molecule has 0 aliphatic heterocycles. The van der Waals surface area contributed by atoms with Gasteiger partial charge in [-0.2, -0.15) is 0 Å². The van der Waals surface area contributed by atoms with E-state index in [1.807, 2.05) is 0 Å². The van der Waals surface area contributed by atoms with Crippen LogP contribution >= 0.6 is 0 Å². The predicted molar refractivity (Wildman–Crippen MR) is 82.1 cm³/mol. The molecule has 0 fully saturated rings. The van der Waals surface area contributed by atoms with Crippen molar-refractivity contribution in [3.8, 4) is 0 Å². The summed E-state index contributed by atoms with van der Waals surface area (Å²) in [7, 11) is 0. The molecule has 0 spiro atoms. The Bertz CT molecular complexity index is 240. The molecule has 0 saturated carbocycles. The van der Waals surface area contributed by atoms with Crippen molar-refractivity contribution < 1.29 is 9.53 Å². The van der Waals surface area contributed by atoms with Gasteiger partial charge in [-0.3, -0.25) is 4.79 Å². The molecule has 0 aromatic rings. The summed E-state index contributed by atoms with van der Waals surface area (Å²) >= 11 is 0. The molecule has 2 atom stereocenters. The maximum atomic E-state index is 12.1. The van der Waals surface area contributed by atoms with Gasteiger partial charge in [-0.1, -0.05) is 60.8 Å². The summed E-state index contributed by atoms with van der Waals surface area (Å²) in [6, 6.07) is 0. The topological polar surface area (TPSA) is 26.3 Å². The maximum Gasteiger partial charge on any atom is 0.309 e. The van der Waals surface area contributed by atoms with Crippen molar-refractivity contribution in [3.63, 3.8) is 0 Å². The monoisotopic (exact) mass is 270 g/mol. The first-order valence-corrected chi connectivity index (χ1v) is 7.98. The lowest BCUT2D eigenvalue weighted by molar-refractivity contribution is -0.151. The zero-order valence-electron chi connectivity index (χ0n) is 13.9. The van der Waals surface area contributed by atoms with Crippen LogP contribution in [0.15, 0.2) is 0 Å². The van der Waals surface area contributed by atoms with Crippen LogP contribution in [0.2, 0.25) is 0 Å². The van der Waals surface area contributed by atoms with Gasteiger partial charge in [0.05, 0.1) is 12.5 Å². The second-order valence-corrected chi connectivity index (χ2v) is 6.98. The molecule has 0 rings (SSSR count). The minimum absolute atomic E-state index is 0.00995. The van der Waals surface area contributed by atoms with E-state index in [1.54, 1.807) is 0 Å². The SMILES string of the molecule is CCCCCCOC(=O)C(CC)C(C)CC(C)(C)C. The van der Waals surface area contributed by atoms with Crippen LogP contribution in [0, 0.1) is 17.3 Å². The molecule has 0 N–H and O–H groups in total. The van der Waals surface area contributed by atoms with Crippen LogP contribution in [0.4, 0.5) is 0 Å². The Morgan fingerprint density at radius 2 is 1.74 bits per heavy atom. The minimum atomic E-state index is 0.00995. The number of unbranched alkanes of at least 4 members (excludes halogenated alkanes) is 3. The lowest BCUT2D eigenvalue weighted by Gasteiger charge is -2.28. The molecule has 114 valence electrons. The smallest absolute Gasteiger partial charge is 0.309 e. The number of esters is 1.